The Balaban J connectivity index is 2.42. The van der Waals surface area contributed by atoms with Gasteiger partial charge in [0.15, 0.2) is 0 Å². The Morgan fingerprint density at radius 2 is 2.13 bits per heavy atom. The average molecular weight is 292 g/mol. The van der Waals surface area contributed by atoms with Gasteiger partial charge in [0.25, 0.3) is 0 Å². The van der Waals surface area contributed by atoms with Gasteiger partial charge >= 0.3 is 0 Å². The van der Waals surface area contributed by atoms with E-state index in [1.165, 1.54) is 0 Å². The molecule has 0 aliphatic rings. The van der Waals surface area contributed by atoms with Crippen LogP contribution in [0, 0.1) is 0 Å². The van der Waals surface area contributed by atoms with Gasteiger partial charge in [0.1, 0.15) is 0 Å². The molecule has 0 saturated carbocycles. The molecule has 0 bridgehead atoms. The molecule has 0 radical (unpaired) electrons. The molecule has 2 nitrogen and oxygen atoms in total. The van der Waals surface area contributed by atoms with Gasteiger partial charge in [0.2, 0.25) is 0 Å². The zero-order valence-electron chi connectivity index (χ0n) is 9.24. The summed E-state index contributed by atoms with van der Waals surface area (Å²) in [6.07, 6.45) is 0.473. The number of aliphatic hydroxyl groups excluding tert-OH is 1. The highest BCUT2D eigenvalue weighted by Crippen LogP contribution is 2.30. The van der Waals surface area contributed by atoms with Crippen LogP contribution in [0.25, 0.3) is 0 Å². The minimum Gasteiger partial charge on any atom is -0.387 e. The Kier molecular flexibility index (Phi) is 5.82. The molecule has 1 heterocycles. The molecule has 1 aromatic rings. The lowest BCUT2D eigenvalue weighted by Crippen LogP contribution is -2.25. The Bertz CT molecular complexity index is 286. The molecule has 1 rings (SSSR count). The zero-order chi connectivity index (χ0) is 11.3. The maximum Gasteiger partial charge on any atom is 0.0905 e. The van der Waals surface area contributed by atoms with Crippen molar-refractivity contribution in [1.82, 2.24) is 4.90 Å². The summed E-state index contributed by atoms with van der Waals surface area (Å²) in [7, 11) is 0. The first-order chi connectivity index (χ1) is 7.19. The van der Waals surface area contributed by atoms with Crippen LogP contribution in [-0.4, -0.2) is 29.6 Å². The van der Waals surface area contributed by atoms with Crippen molar-refractivity contribution in [2.24, 2.45) is 0 Å². The number of thiophene rings is 1. The first kappa shape index (κ1) is 13.2. The van der Waals surface area contributed by atoms with Crippen LogP contribution in [0.15, 0.2) is 15.9 Å². The van der Waals surface area contributed by atoms with Gasteiger partial charge in [-0.05, 0) is 46.9 Å². The largest absolute Gasteiger partial charge is 0.387 e. The van der Waals surface area contributed by atoms with E-state index in [1.807, 2.05) is 11.4 Å². The standard InChI is InChI=1S/C11H18BrNOS/c1-3-13(4-2)7-5-10(14)11-9(12)6-8-15-11/h6,8,10,14H,3-5,7H2,1-2H3. The SMILES string of the molecule is CCN(CC)CCC(O)c1sccc1Br. The molecule has 86 valence electrons. The van der Waals surface area contributed by atoms with Crippen LogP contribution in [0.3, 0.4) is 0 Å². The molecule has 1 N–H and O–H groups in total. The number of nitrogens with zero attached hydrogens (tertiary/aromatic N) is 1. The molecule has 15 heavy (non-hydrogen) atoms. The number of halogens is 1. The molecule has 0 aromatic carbocycles. The van der Waals surface area contributed by atoms with E-state index in [2.05, 4.69) is 34.7 Å². The Hall–Kier alpha value is 0.100. The summed E-state index contributed by atoms with van der Waals surface area (Å²) in [5, 5.41) is 12.0. The van der Waals surface area contributed by atoms with Gasteiger partial charge in [-0.1, -0.05) is 13.8 Å². The van der Waals surface area contributed by atoms with Crippen molar-refractivity contribution in [3.8, 4) is 0 Å². The van der Waals surface area contributed by atoms with Crippen molar-refractivity contribution in [1.29, 1.82) is 0 Å². The van der Waals surface area contributed by atoms with Crippen LogP contribution in [0.1, 0.15) is 31.2 Å². The summed E-state index contributed by atoms with van der Waals surface area (Å²) in [6.45, 7) is 7.36. The summed E-state index contributed by atoms with van der Waals surface area (Å²) in [5.74, 6) is 0. The fourth-order valence-electron chi connectivity index (χ4n) is 1.52. The summed E-state index contributed by atoms with van der Waals surface area (Å²) < 4.78 is 1.03. The lowest BCUT2D eigenvalue weighted by Gasteiger charge is -2.19. The zero-order valence-corrected chi connectivity index (χ0v) is 11.6. The second kappa shape index (κ2) is 6.63. The fourth-order valence-corrected chi connectivity index (χ4v) is 3.18. The van der Waals surface area contributed by atoms with Gasteiger partial charge in [-0.25, -0.2) is 0 Å². The number of hydrogen-bond acceptors (Lipinski definition) is 3. The molecule has 4 heteroatoms. The molecule has 0 spiro atoms. The molecule has 1 unspecified atom stereocenters. The van der Waals surface area contributed by atoms with Crippen LogP contribution in [0.2, 0.25) is 0 Å². The Labute approximate surface area is 104 Å². The number of aliphatic hydroxyl groups is 1. The van der Waals surface area contributed by atoms with Crippen molar-refractivity contribution in [2.45, 2.75) is 26.4 Å². The summed E-state index contributed by atoms with van der Waals surface area (Å²) in [4.78, 5) is 3.37. The third-order valence-electron chi connectivity index (χ3n) is 2.56. The third-order valence-corrected chi connectivity index (χ3v) is 4.53. The van der Waals surface area contributed by atoms with Crippen molar-refractivity contribution in [2.75, 3.05) is 19.6 Å². The smallest absolute Gasteiger partial charge is 0.0905 e. The summed E-state index contributed by atoms with van der Waals surface area (Å²) in [5.41, 5.74) is 0. The quantitative estimate of drug-likeness (QED) is 0.870. The minimum absolute atomic E-state index is 0.333. The van der Waals surface area contributed by atoms with Gasteiger partial charge in [-0.2, -0.15) is 0 Å². The normalized spacial score (nSPS) is 13.4. The van der Waals surface area contributed by atoms with Crippen molar-refractivity contribution in [3.63, 3.8) is 0 Å². The molecule has 0 saturated heterocycles. The minimum atomic E-state index is -0.333. The number of hydrogen-bond donors (Lipinski definition) is 1. The van der Waals surface area contributed by atoms with Crippen molar-refractivity contribution >= 4 is 27.3 Å². The van der Waals surface area contributed by atoms with Gasteiger partial charge in [0.05, 0.1) is 6.10 Å². The van der Waals surface area contributed by atoms with Gasteiger partial charge < -0.3 is 10.0 Å². The van der Waals surface area contributed by atoms with E-state index in [1.54, 1.807) is 11.3 Å². The molecule has 0 amide bonds. The average Bonchev–Trinajstić information content (AvgIpc) is 2.66. The Morgan fingerprint density at radius 1 is 1.47 bits per heavy atom. The van der Waals surface area contributed by atoms with Crippen LogP contribution in [-0.2, 0) is 0 Å². The lowest BCUT2D eigenvalue weighted by molar-refractivity contribution is 0.148. The van der Waals surface area contributed by atoms with E-state index in [-0.39, 0.29) is 6.10 Å². The predicted molar refractivity (Wildman–Crippen MR) is 69.4 cm³/mol. The second-order valence-electron chi connectivity index (χ2n) is 3.46. The first-order valence-corrected chi connectivity index (χ1v) is 6.99. The van der Waals surface area contributed by atoms with Gasteiger partial charge in [-0.15, -0.1) is 11.3 Å². The monoisotopic (exact) mass is 291 g/mol. The topological polar surface area (TPSA) is 23.5 Å². The van der Waals surface area contributed by atoms with Crippen LogP contribution >= 0.6 is 27.3 Å². The maximum atomic E-state index is 9.98. The predicted octanol–water partition coefficient (Wildman–Crippen LogP) is 3.28. The van der Waals surface area contributed by atoms with Crippen LogP contribution < -0.4 is 0 Å². The van der Waals surface area contributed by atoms with E-state index in [0.717, 1.165) is 35.4 Å². The van der Waals surface area contributed by atoms with E-state index < -0.39 is 0 Å². The Morgan fingerprint density at radius 3 is 2.60 bits per heavy atom. The second-order valence-corrected chi connectivity index (χ2v) is 5.27. The van der Waals surface area contributed by atoms with Crippen LogP contribution in [0.4, 0.5) is 0 Å². The van der Waals surface area contributed by atoms with E-state index >= 15 is 0 Å². The number of rotatable bonds is 6. The van der Waals surface area contributed by atoms with Gasteiger partial charge in [0, 0.05) is 15.9 Å². The van der Waals surface area contributed by atoms with E-state index in [4.69, 9.17) is 0 Å². The molecule has 1 aromatic heterocycles. The van der Waals surface area contributed by atoms with E-state index in [0.29, 0.717) is 0 Å². The molecule has 0 aliphatic carbocycles. The molecular weight excluding hydrogens is 274 g/mol. The molecule has 0 aliphatic heterocycles. The fraction of sp³-hybridized carbons (Fsp3) is 0.636. The highest BCUT2D eigenvalue weighted by Gasteiger charge is 2.13. The van der Waals surface area contributed by atoms with Gasteiger partial charge in [-0.3, -0.25) is 0 Å². The summed E-state index contributed by atoms with van der Waals surface area (Å²) in [6, 6.07) is 1.99. The van der Waals surface area contributed by atoms with Crippen LogP contribution in [0.5, 0.6) is 0 Å². The van der Waals surface area contributed by atoms with Crippen molar-refractivity contribution < 1.29 is 5.11 Å². The highest BCUT2D eigenvalue weighted by molar-refractivity contribution is 9.10. The van der Waals surface area contributed by atoms with Crippen molar-refractivity contribution in [3.05, 3.63) is 20.8 Å². The maximum absolute atomic E-state index is 9.98. The molecule has 0 fully saturated rings. The molecular formula is C11H18BrNOS. The third kappa shape index (κ3) is 3.87. The molecule has 1 atom stereocenters. The van der Waals surface area contributed by atoms with E-state index in [9.17, 15) is 5.11 Å². The highest BCUT2D eigenvalue weighted by atomic mass is 79.9. The first-order valence-electron chi connectivity index (χ1n) is 5.32. The summed E-state index contributed by atoms with van der Waals surface area (Å²) >= 11 is 5.05. The lowest BCUT2D eigenvalue weighted by atomic mass is 10.2.